The van der Waals surface area contributed by atoms with Crippen molar-refractivity contribution in [1.82, 2.24) is 28.7 Å². The lowest BCUT2D eigenvalue weighted by Crippen LogP contribution is -2.39. The molecule has 2 aliphatic carbocycles. The van der Waals surface area contributed by atoms with Crippen molar-refractivity contribution in [2.24, 2.45) is 0 Å². The standard InChI is InChI=1S/C30H40N6O5S/c1-34(2)42(38,39)33-29(37)26-19-25(22-13-11-21(12-14-22)20-35-15-17-40-18-16-35)27-28(31-26)36(23-7-4-3-5-8-23)32-30(27)41-24-9-6-10-24/h11-14,19,23-24H,3-10,15-18,20H2,1-2H3,(H,33,37). The van der Waals surface area contributed by atoms with Gasteiger partial charge in [-0.1, -0.05) is 43.5 Å². The zero-order valence-electron chi connectivity index (χ0n) is 24.4. The summed E-state index contributed by atoms with van der Waals surface area (Å²) in [6, 6.07) is 10.1. The van der Waals surface area contributed by atoms with E-state index in [0.29, 0.717) is 11.5 Å². The topological polar surface area (TPSA) is 119 Å². The Hall–Kier alpha value is -3.06. The number of ether oxygens (including phenoxy) is 2. The van der Waals surface area contributed by atoms with Crippen molar-refractivity contribution >= 4 is 27.1 Å². The van der Waals surface area contributed by atoms with E-state index < -0.39 is 16.1 Å². The van der Waals surface area contributed by atoms with Crippen LogP contribution in [0.25, 0.3) is 22.2 Å². The second kappa shape index (κ2) is 12.3. The Balaban J connectivity index is 1.45. The number of benzene rings is 1. The Morgan fingerprint density at radius 1 is 1.05 bits per heavy atom. The number of hydrogen-bond donors (Lipinski definition) is 1. The normalized spacial score (nSPS) is 19.2. The van der Waals surface area contributed by atoms with Gasteiger partial charge in [0.2, 0.25) is 5.88 Å². The van der Waals surface area contributed by atoms with Crippen LogP contribution in [-0.4, -0.2) is 84.8 Å². The third-order valence-corrected chi connectivity index (χ3v) is 10.00. The van der Waals surface area contributed by atoms with Gasteiger partial charge in [0.05, 0.1) is 24.6 Å². The minimum atomic E-state index is -4.00. The summed E-state index contributed by atoms with van der Waals surface area (Å²) in [6.07, 6.45) is 8.54. The summed E-state index contributed by atoms with van der Waals surface area (Å²) in [5, 5.41) is 5.74. The Morgan fingerprint density at radius 2 is 1.76 bits per heavy atom. The SMILES string of the molecule is CN(C)S(=O)(=O)NC(=O)c1cc(-c2ccc(CN3CCOCC3)cc2)c2c(OC3CCC3)nn(C3CCCCC3)c2n1. The van der Waals surface area contributed by atoms with Crippen molar-refractivity contribution in [3.8, 4) is 17.0 Å². The fourth-order valence-electron chi connectivity index (χ4n) is 5.82. The number of hydrogen-bond acceptors (Lipinski definition) is 8. The van der Waals surface area contributed by atoms with Crippen molar-refractivity contribution < 1.29 is 22.7 Å². The van der Waals surface area contributed by atoms with Gasteiger partial charge < -0.3 is 9.47 Å². The molecule has 3 heterocycles. The van der Waals surface area contributed by atoms with Gasteiger partial charge in [-0.25, -0.2) is 14.4 Å². The molecule has 0 atom stereocenters. The van der Waals surface area contributed by atoms with Crippen LogP contribution in [0.1, 0.15) is 73.5 Å². The molecule has 0 radical (unpaired) electrons. The molecule has 1 aromatic carbocycles. The first-order valence-electron chi connectivity index (χ1n) is 15.0. The number of pyridine rings is 1. The summed E-state index contributed by atoms with van der Waals surface area (Å²) in [5.41, 5.74) is 3.40. The molecule has 3 aromatic rings. The van der Waals surface area contributed by atoms with Gasteiger partial charge in [0.25, 0.3) is 5.91 Å². The van der Waals surface area contributed by atoms with Gasteiger partial charge in [0.1, 0.15) is 11.8 Å². The lowest BCUT2D eigenvalue weighted by Gasteiger charge is -2.26. The minimum Gasteiger partial charge on any atom is -0.473 e. The molecular weight excluding hydrogens is 556 g/mol. The van der Waals surface area contributed by atoms with Gasteiger partial charge in [-0.15, -0.1) is 5.10 Å². The Morgan fingerprint density at radius 3 is 2.40 bits per heavy atom. The first-order chi connectivity index (χ1) is 20.3. The van der Waals surface area contributed by atoms with Crippen molar-refractivity contribution in [2.45, 2.75) is 70.1 Å². The average Bonchev–Trinajstić information content (AvgIpc) is 3.34. The Bertz CT molecular complexity index is 1520. The third-order valence-electron chi connectivity index (χ3n) is 8.59. The molecule has 1 amide bonds. The van der Waals surface area contributed by atoms with Gasteiger partial charge >= 0.3 is 10.2 Å². The fourth-order valence-corrected chi connectivity index (χ4v) is 6.35. The molecule has 0 unspecified atom stereocenters. The summed E-state index contributed by atoms with van der Waals surface area (Å²) in [4.78, 5) is 20.5. The first kappa shape index (κ1) is 29.0. The van der Waals surface area contributed by atoms with Gasteiger partial charge in [-0.3, -0.25) is 9.69 Å². The summed E-state index contributed by atoms with van der Waals surface area (Å²) >= 11 is 0. The molecule has 2 saturated carbocycles. The van der Waals surface area contributed by atoms with Crippen molar-refractivity contribution in [3.05, 3.63) is 41.6 Å². The zero-order valence-corrected chi connectivity index (χ0v) is 25.2. The maximum absolute atomic E-state index is 13.3. The van der Waals surface area contributed by atoms with E-state index in [2.05, 4.69) is 21.8 Å². The quantitative estimate of drug-likeness (QED) is 0.395. The summed E-state index contributed by atoms with van der Waals surface area (Å²) < 4.78 is 42.0. The molecule has 3 fully saturated rings. The molecule has 226 valence electrons. The van der Waals surface area contributed by atoms with Crippen molar-refractivity contribution in [2.75, 3.05) is 40.4 Å². The molecule has 1 saturated heterocycles. The number of aromatic nitrogens is 3. The number of carbonyl (C=O) groups excluding carboxylic acids is 1. The van der Waals surface area contributed by atoms with Gasteiger partial charge in [0.15, 0.2) is 5.65 Å². The molecule has 0 spiro atoms. The van der Waals surface area contributed by atoms with Crippen LogP contribution in [0.4, 0.5) is 0 Å². The number of nitrogens with one attached hydrogen (secondary N) is 1. The highest BCUT2D eigenvalue weighted by molar-refractivity contribution is 7.87. The lowest BCUT2D eigenvalue weighted by molar-refractivity contribution is 0.0342. The lowest BCUT2D eigenvalue weighted by atomic mass is 9.95. The van der Waals surface area contributed by atoms with E-state index in [1.54, 1.807) is 6.07 Å². The molecule has 1 N–H and O–H groups in total. The molecule has 42 heavy (non-hydrogen) atoms. The van der Waals surface area contributed by atoms with Gasteiger partial charge in [0, 0.05) is 39.3 Å². The molecular formula is C30H40N6O5S. The molecule has 1 aliphatic heterocycles. The van der Waals surface area contributed by atoms with E-state index in [4.69, 9.17) is 19.6 Å². The van der Waals surface area contributed by atoms with Crippen molar-refractivity contribution in [3.63, 3.8) is 0 Å². The van der Waals surface area contributed by atoms with Crippen LogP contribution in [0.3, 0.4) is 0 Å². The highest BCUT2D eigenvalue weighted by atomic mass is 32.2. The van der Waals surface area contributed by atoms with Crippen LogP contribution in [-0.2, 0) is 21.5 Å². The van der Waals surface area contributed by atoms with E-state index in [0.717, 1.165) is 98.6 Å². The van der Waals surface area contributed by atoms with Crippen LogP contribution >= 0.6 is 0 Å². The highest BCUT2D eigenvalue weighted by Gasteiger charge is 2.30. The molecule has 3 aliphatic rings. The highest BCUT2D eigenvalue weighted by Crippen LogP contribution is 2.40. The van der Waals surface area contributed by atoms with Gasteiger partial charge in [-0.05, 0) is 49.3 Å². The molecule has 0 bridgehead atoms. The second-order valence-corrected chi connectivity index (χ2v) is 13.7. The predicted molar refractivity (Wildman–Crippen MR) is 160 cm³/mol. The average molecular weight is 597 g/mol. The number of rotatable bonds is 9. The monoisotopic (exact) mass is 596 g/mol. The number of fused-ring (bicyclic) bond motifs is 1. The van der Waals surface area contributed by atoms with E-state index in [9.17, 15) is 13.2 Å². The van der Waals surface area contributed by atoms with Gasteiger partial charge in [-0.2, -0.15) is 12.7 Å². The smallest absolute Gasteiger partial charge is 0.303 e. The number of amides is 1. The van der Waals surface area contributed by atoms with E-state index >= 15 is 0 Å². The number of nitrogens with zero attached hydrogens (tertiary/aromatic N) is 5. The van der Waals surface area contributed by atoms with Crippen LogP contribution in [0, 0.1) is 0 Å². The zero-order chi connectivity index (χ0) is 29.3. The van der Waals surface area contributed by atoms with Crippen LogP contribution < -0.4 is 9.46 Å². The molecule has 6 rings (SSSR count). The van der Waals surface area contributed by atoms with E-state index in [1.165, 1.54) is 26.1 Å². The number of carbonyl (C=O) groups is 1. The maximum atomic E-state index is 13.3. The Kier molecular flexibility index (Phi) is 8.49. The van der Waals surface area contributed by atoms with Crippen LogP contribution in [0.15, 0.2) is 30.3 Å². The Labute approximate surface area is 247 Å². The summed E-state index contributed by atoms with van der Waals surface area (Å²) in [6.45, 7) is 4.14. The second-order valence-electron chi connectivity index (χ2n) is 11.8. The van der Waals surface area contributed by atoms with E-state index in [-0.39, 0.29) is 17.8 Å². The number of morpholine rings is 1. The third kappa shape index (κ3) is 6.17. The molecule has 2 aromatic heterocycles. The molecule has 12 heteroatoms. The van der Waals surface area contributed by atoms with E-state index in [1.807, 2.05) is 16.8 Å². The minimum absolute atomic E-state index is 0.0208. The summed E-state index contributed by atoms with van der Waals surface area (Å²) in [5.74, 6) is -0.248. The van der Waals surface area contributed by atoms with Crippen molar-refractivity contribution in [1.29, 1.82) is 0 Å². The maximum Gasteiger partial charge on any atom is 0.303 e. The largest absolute Gasteiger partial charge is 0.473 e. The predicted octanol–water partition coefficient (Wildman–Crippen LogP) is 3.90. The van der Waals surface area contributed by atoms with Crippen LogP contribution in [0.5, 0.6) is 5.88 Å². The fraction of sp³-hybridized carbons (Fsp3) is 0.567. The summed E-state index contributed by atoms with van der Waals surface area (Å²) in [7, 11) is -1.25. The van der Waals surface area contributed by atoms with Crippen LogP contribution in [0.2, 0.25) is 0 Å². The molecule has 11 nitrogen and oxygen atoms in total. The first-order valence-corrected chi connectivity index (χ1v) is 16.5.